The number of para-hydroxylation sites is 4. The molecule has 8 rings (SSSR count). The van der Waals surface area contributed by atoms with Gasteiger partial charge in [0.2, 0.25) is 17.6 Å². The van der Waals surface area contributed by atoms with Crippen LogP contribution in [0.2, 0.25) is 0 Å². The molecule has 20 heteroatoms. The number of carbonyl (C=O) groups excluding carboxylic acids is 4. The van der Waals surface area contributed by atoms with E-state index in [2.05, 4.69) is 41.6 Å². The molecule has 1 atom stereocenters. The molecular formula is C39H34N14O6. The molecule has 4 heterocycles. The van der Waals surface area contributed by atoms with Crippen molar-refractivity contribution in [3.05, 3.63) is 108 Å². The van der Waals surface area contributed by atoms with Crippen molar-refractivity contribution >= 4 is 68.5 Å². The van der Waals surface area contributed by atoms with Crippen LogP contribution in [0.15, 0.2) is 106 Å². The van der Waals surface area contributed by atoms with Gasteiger partial charge in [0.1, 0.15) is 6.04 Å². The molecule has 0 saturated carbocycles. The van der Waals surface area contributed by atoms with Gasteiger partial charge >= 0.3 is 0 Å². The second-order valence-electron chi connectivity index (χ2n) is 13.2. The van der Waals surface area contributed by atoms with Gasteiger partial charge in [-0.15, -0.1) is 0 Å². The number of hydrogen-bond acceptors (Lipinski definition) is 16. The summed E-state index contributed by atoms with van der Waals surface area (Å²) in [6.07, 6.45) is 0. The number of aromatic nitrogens is 8. The van der Waals surface area contributed by atoms with Gasteiger partial charge < -0.3 is 42.3 Å². The average molecular weight is 795 g/mol. The Morgan fingerprint density at radius 3 is 1.69 bits per heavy atom. The number of ketones is 2. The fourth-order valence-corrected chi connectivity index (χ4v) is 6.33. The van der Waals surface area contributed by atoms with Gasteiger partial charge in [-0.05, 0) is 93.4 Å². The second kappa shape index (κ2) is 16.2. The Bertz CT molecular complexity index is 2840. The number of Topliss-reactive ketones (excluding diaryl/α,β-unsaturated/α-hetero) is 2. The van der Waals surface area contributed by atoms with Gasteiger partial charge in [-0.25, -0.2) is 19.2 Å². The minimum atomic E-state index is -1.06. The van der Waals surface area contributed by atoms with Gasteiger partial charge in [0.15, 0.2) is 40.4 Å². The Labute approximate surface area is 332 Å². The summed E-state index contributed by atoms with van der Waals surface area (Å²) >= 11 is 0. The number of nitrogen functional groups attached to an aromatic ring is 1. The number of amides is 2. The van der Waals surface area contributed by atoms with Crippen molar-refractivity contribution in [1.82, 2.24) is 39.7 Å². The lowest BCUT2D eigenvalue weighted by Gasteiger charge is -2.14. The molecule has 0 radical (unpaired) electrons. The molecule has 0 aliphatic heterocycles. The summed E-state index contributed by atoms with van der Waals surface area (Å²) in [6.45, 7) is -0.439. The summed E-state index contributed by atoms with van der Waals surface area (Å²) in [5.41, 5.74) is 22.3. The number of imidazole rings is 2. The number of benzene rings is 4. The number of hydrogen-bond donors (Lipinski definition) is 6. The first-order chi connectivity index (χ1) is 28.7. The Kier molecular flexibility index (Phi) is 10.4. The summed E-state index contributed by atoms with van der Waals surface area (Å²) in [5, 5.41) is 23.9. The number of carbonyl (C=O) groups is 4. The predicted molar refractivity (Wildman–Crippen MR) is 215 cm³/mol. The van der Waals surface area contributed by atoms with Crippen molar-refractivity contribution < 1.29 is 28.4 Å². The zero-order valence-electron chi connectivity index (χ0n) is 30.9. The van der Waals surface area contributed by atoms with Crippen LogP contribution in [0.3, 0.4) is 0 Å². The molecule has 4 aromatic heterocycles. The van der Waals surface area contributed by atoms with Crippen LogP contribution in [-0.2, 0) is 22.7 Å². The van der Waals surface area contributed by atoms with E-state index in [9.17, 15) is 19.2 Å². The van der Waals surface area contributed by atoms with E-state index in [1.54, 1.807) is 63.7 Å². The fraction of sp³-hybridized carbons (Fsp3) is 0.128. The van der Waals surface area contributed by atoms with E-state index in [0.29, 0.717) is 56.2 Å². The summed E-state index contributed by atoms with van der Waals surface area (Å²) in [6, 6.07) is 26.3. The van der Waals surface area contributed by atoms with Gasteiger partial charge in [0.25, 0.3) is 0 Å². The van der Waals surface area contributed by atoms with Gasteiger partial charge in [0, 0.05) is 29.0 Å². The third kappa shape index (κ3) is 7.83. The number of nitrogens with two attached hydrogens (primary N) is 3. The quantitative estimate of drug-likeness (QED) is 0.0813. The number of anilines is 4. The molecule has 8 aromatic rings. The maximum Gasteiger partial charge on any atom is 0.243 e. The van der Waals surface area contributed by atoms with Gasteiger partial charge in [0.05, 0.1) is 41.7 Å². The van der Waals surface area contributed by atoms with Crippen LogP contribution in [0.25, 0.3) is 45.1 Å². The van der Waals surface area contributed by atoms with E-state index in [1.165, 1.54) is 0 Å². The molecule has 0 bridgehead atoms. The Morgan fingerprint density at radius 2 is 1.15 bits per heavy atom. The maximum absolute atomic E-state index is 13.5. The highest BCUT2D eigenvalue weighted by molar-refractivity contribution is 6.00. The Morgan fingerprint density at radius 1 is 0.644 bits per heavy atom. The molecule has 59 heavy (non-hydrogen) atoms. The molecule has 0 aliphatic rings. The summed E-state index contributed by atoms with van der Waals surface area (Å²) in [7, 11) is 0. The fourth-order valence-electron chi connectivity index (χ4n) is 6.33. The molecule has 4 aromatic carbocycles. The monoisotopic (exact) mass is 794 g/mol. The highest BCUT2D eigenvalue weighted by Crippen LogP contribution is 2.30. The standard InChI is InChI=1S/C39H34N14O6/c40-17-32(56)44-23-13-9-21(10-14-23)31(55)20-53-29-8-4-2-6-27(29)47-38(53)34-36(51-59-49-34)43-18-25(41)39(57)45-24-15-11-22(12-16-24)30(54)19-52-28-7-3-1-5-26(28)46-37(52)33-35(42)50-58-48-33/h1-16,25H,17-20,40-41H2,(H2,42,50)(H,43,51)(H,44,56)(H,45,57)/t25-/m0/s1. The van der Waals surface area contributed by atoms with Gasteiger partial charge in [-0.3, -0.25) is 19.2 Å². The highest BCUT2D eigenvalue weighted by atomic mass is 16.6. The number of nitrogens with zero attached hydrogens (tertiary/aromatic N) is 8. The van der Waals surface area contributed by atoms with Crippen molar-refractivity contribution in [2.24, 2.45) is 11.5 Å². The first kappa shape index (κ1) is 37.8. The number of rotatable bonds is 15. The van der Waals surface area contributed by atoms with E-state index in [-0.39, 0.29) is 66.7 Å². The topological polar surface area (TPSA) is 296 Å². The summed E-state index contributed by atoms with van der Waals surface area (Å²) in [5.74, 6) is -0.522. The zero-order valence-corrected chi connectivity index (χ0v) is 30.9. The van der Waals surface area contributed by atoms with Gasteiger partial charge in [-0.1, -0.05) is 24.3 Å². The molecule has 0 spiro atoms. The number of fused-ring (bicyclic) bond motifs is 2. The number of nitrogens with one attached hydrogen (secondary N) is 3. The molecule has 20 nitrogen and oxygen atoms in total. The lowest BCUT2D eigenvalue weighted by molar-refractivity contribution is -0.117. The van der Waals surface area contributed by atoms with E-state index in [0.717, 1.165) is 0 Å². The first-order valence-electron chi connectivity index (χ1n) is 18.1. The smallest absolute Gasteiger partial charge is 0.243 e. The molecule has 0 fully saturated rings. The van der Waals surface area contributed by atoms with Crippen molar-refractivity contribution in [2.45, 2.75) is 19.1 Å². The molecule has 296 valence electrons. The molecule has 0 saturated heterocycles. The van der Waals surface area contributed by atoms with Crippen LogP contribution in [0, 0.1) is 0 Å². The van der Waals surface area contributed by atoms with Crippen molar-refractivity contribution in [3.63, 3.8) is 0 Å². The van der Waals surface area contributed by atoms with Crippen LogP contribution in [0.1, 0.15) is 20.7 Å². The lowest BCUT2D eigenvalue weighted by Crippen LogP contribution is -2.41. The van der Waals surface area contributed by atoms with Crippen LogP contribution in [0.5, 0.6) is 0 Å². The SMILES string of the molecule is NCC(=O)Nc1ccc(C(=O)Cn2c(-c3nonc3NC[C@H](N)C(=O)Nc3ccc(C(=O)Cn4c(-c5nonc5N)nc5ccccc54)cc3)nc3ccccc32)cc1. The van der Waals surface area contributed by atoms with Crippen molar-refractivity contribution in [1.29, 1.82) is 0 Å². The molecule has 0 aliphatic carbocycles. The lowest BCUT2D eigenvalue weighted by atomic mass is 10.1. The normalized spacial score (nSPS) is 11.8. The van der Waals surface area contributed by atoms with E-state index < -0.39 is 11.9 Å². The molecule has 2 amide bonds. The summed E-state index contributed by atoms with van der Waals surface area (Å²) < 4.78 is 13.2. The van der Waals surface area contributed by atoms with E-state index in [1.807, 2.05) is 42.5 Å². The second-order valence-corrected chi connectivity index (χ2v) is 13.2. The van der Waals surface area contributed by atoms with Crippen molar-refractivity contribution in [2.75, 3.05) is 34.8 Å². The van der Waals surface area contributed by atoms with Crippen LogP contribution in [-0.4, -0.2) is 82.2 Å². The minimum absolute atomic E-state index is 0.0443. The summed E-state index contributed by atoms with van der Waals surface area (Å²) in [4.78, 5) is 61.0. The average Bonchev–Trinajstić information content (AvgIpc) is 4.06. The third-order valence-electron chi connectivity index (χ3n) is 9.32. The Balaban J connectivity index is 0.919. The third-order valence-corrected chi connectivity index (χ3v) is 9.32. The van der Waals surface area contributed by atoms with Crippen molar-refractivity contribution in [3.8, 4) is 23.0 Å². The molecule has 0 unspecified atom stereocenters. The van der Waals surface area contributed by atoms with Gasteiger partial charge in [-0.2, -0.15) is 0 Å². The first-order valence-corrected chi connectivity index (χ1v) is 18.1. The largest absolute Gasteiger partial charge is 0.379 e. The van der Waals surface area contributed by atoms with E-state index in [4.69, 9.17) is 31.4 Å². The maximum atomic E-state index is 13.5. The minimum Gasteiger partial charge on any atom is -0.379 e. The predicted octanol–water partition coefficient (Wildman–Crippen LogP) is 3.11. The zero-order chi connectivity index (χ0) is 41.0. The van der Waals surface area contributed by atoms with Crippen LogP contribution >= 0.6 is 0 Å². The van der Waals surface area contributed by atoms with Crippen LogP contribution < -0.4 is 33.2 Å². The van der Waals surface area contributed by atoms with Crippen LogP contribution in [0.4, 0.5) is 23.0 Å². The van der Waals surface area contributed by atoms with E-state index >= 15 is 0 Å². The highest BCUT2D eigenvalue weighted by Gasteiger charge is 2.25. The molecule has 9 N–H and O–H groups in total. The molecular weight excluding hydrogens is 761 g/mol. The Hall–Kier alpha value is -8.10.